The number of imide groups is 2. The van der Waals surface area contributed by atoms with E-state index in [2.05, 4.69) is 11.9 Å². The number of carbonyl (C=O) groups excluding carboxylic acids is 3. The van der Waals surface area contributed by atoms with Gasteiger partial charge in [0.2, 0.25) is 11.8 Å². The Hall–Kier alpha value is -1.65. The molecule has 5 nitrogen and oxygen atoms in total. The third-order valence-electron chi connectivity index (χ3n) is 3.66. The maximum atomic E-state index is 12.5. The van der Waals surface area contributed by atoms with E-state index in [-0.39, 0.29) is 6.04 Å². The summed E-state index contributed by atoms with van der Waals surface area (Å²) in [5.41, 5.74) is -1.11. The van der Waals surface area contributed by atoms with Crippen LogP contribution in [0.5, 0.6) is 0 Å². The largest absolute Gasteiger partial charge is 0.331 e. The van der Waals surface area contributed by atoms with Crippen LogP contribution in [-0.4, -0.2) is 28.8 Å². The lowest BCUT2D eigenvalue weighted by molar-refractivity contribution is -0.153. The van der Waals surface area contributed by atoms with Gasteiger partial charge in [0.15, 0.2) is 0 Å². The Labute approximate surface area is 107 Å². The summed E-state index contributed by atoms with van der Waals surface area (Å²) in [7, 11) is 0. The Kier molecular flexibility index (Phi) is 4.27. The van der Waals surface area contributed by atoms with Gasteiger partial charge in [-0.2, -0.15) is 0 Å². The van der Waals surface area contributed by atoms with E-state index < -0.39 is 23.3 Å². The van der Waals surface area contributed by atoms with Crippen molar-refractivity contribution in [2.24, 2.45) is 5.41 Å². The Bertz CT molecular complexity index is 386. The summed E-state index contributed by atoms with van der Waals surface area (Å²) in [6, 6.07) is -0.919. The van der Waals surface area contributed by atoms with Gasteiger partial charge in [0, 0.05) is 6.04 Å². The summed E-state index contributed by atoms with van der Waals surface area (Å²) < 4.78 is 0. The highest BCUT2D eigenvalue weighted by atomic mass is 16.2. The van der Waals surface area contributed by atoms with Crippen LogP contribution in [0.2, 0.25) is 0 Å². The van der Waals surface area contributed by atoms with E-state index in [1.54, 1.807) is 26.8 Å². The molecule has 1 saturated heterocycles. The summed E-state index contributed by atoms with van der Waals surface area (Å²) in [4.78, 5) is 37.3. The highest BCUT2D eigenvalue weighted by molar-refractivity contribution is 6.19. The first-order valence-electron chi connectivity index (χ1n) is 6.24. The van der Waals surface area contributed by atoms with Crippen molar-refractivity contribution in [1.29, 1.82) is 0 Å². The van der Waals surface area contributed by atoms with Crippen molar-refractivity contribution in [2.75, 3.05) is 0 Å². The maximum absolute atomic E-state index is 12.5. The molecule has 1 unspecified atom stereocenters. The molecule has 18 heavy (non-hydrogen) atoms. The van der Waals surface area contributed by atoms with Crippen molar-refractivity contribution in [1.82, 2.24) is 10.2 Å². The zero-order valence-electron chi connectivity index (χ0n) is 11.2. The molecule has 1 rings (SSSR count). The predicted octanol–water partition coefficient (Wildman–Crippen LogP) is 1.84. The van der Waals surface area contributed by atoms with Gasteiger partial charge in [-0.1, -0.05) is 19.9 Å². The molecule has 5 heteroatoms. The summed E-state index contributed by atoms with van der Waals surface area (Å²) in [5.74, 6) is -0.875. The Balaban J connectivity index is 3.13. The minimum absolute atomic E-state index is 0.291. The maximum Gasteiger partial charge on any atom is 0.331 e. The smallest absolute Gasteiger partial charge is 0.277 e. The Morgan fingerprint density at radius 2 is 1.89 bits per heavy atom. The van der Waals surface area contributed by atoms with Crippen LogP contribution < -0.4 is 5.32 Å². The van der Waals surface area contributed by atoms with Gasteiger partial charge in [-0.3, -0.25) is 19.8 Å². The molecule has 0 bridgehead atoms. The first kappa shape index (κ1) is 14.4. The highest BCUT2D eigenvalue weighted by Gasteiger charge is 2.52. The monoisotopic (exact) mass is 252 g/mol. The fourth-order valence-electron chi connectivity index (χ4n) is 2.32. The number of hydrogen-bond donors (Lipinski definition) is 1. The van der Waals surface area contributed by atoms with E-state index in [4.69, 9.17) is 0 Å². The van der Waals surface area contributed by atoms with Crippen molar-refractivity contribution >= 4 is 17.8 Å². The number of nitrogens with one attached hydrogen (secondary N) is 1. The number of amides is 4. The first-order chi connectivity index (χ1) is 8.44. The number of barbiturate groups is 1. The molecule has 0 aliphatic carbocycles. The van der Waals surface area contributed by atoms with Gasteiger partial charge in [-0.15, -0.1) is 6.58 Å². The van der Waals surface area contributed by atoms with Gasteiger partial charge < -0.3 is 0 Å². The topological polar surface area (TPSA) is 66.5 Å². The molecule has 100 valence electrons. The molecule has 1 atom stereocenters. The molecule has 1 aliphatic heterocycles. The van der Waals surface area contributed by atoms with Crippen LogP contribution in [-0.2, 0) is 9.59 Å². The SMILES string of the molecule is C=CCC(C)N1C(=O)NC(=O)C(CC)(CC)C1=O. The second-order valence-electron chi connectivity index (χ2n) is 4.60. The molecule has 4 amide bonds. The van der Waals surface area contributed by atoms with Gasteiger partial charge in [0.05, 0.1) is 0 Å². The molecule has 1 aliphatic rings. The highest BCUT2D eigenvalue weighted by Crippen LogP contribution is 2.33. The van der Waals surface area contributed by atoms with Crippen molar-refractivity contribution in [3.63, 3.8) is 0 Å². The number of hydrogen-bond acceptors (Lipinski definition) is 3. The zero-order chi connectivity index (χ0) is 13.9. The lowest BCUT2D eigenvalue weighted by atomic mass is 9.78. The standard InChI is InChI=1S/C13H20N2O3/c1-5-8-9(4)15-11(17)13(6-2,7-3)10(16)14-12(15)18/h5,9H,1,6-8H2,2-4H3,(H,14,16,18). The summed E-state index contributed by atoms with van der Waals surface area (Å²) >= 11 is 0. The molecule has 0 radical (unpaired) electrons. The third-order valence-corrected chi connectivity index (χ3v) is 3.66. The fourth-order valence-corrected chi connectivity index (χ4v) is 2.32. The van der Waals surface area contributed by atoms with E-state index in [9.17, 15) is 14.4 Å². The molecule has 1 N–H and O–H groups in total. The van der Waals surface area contributed by atoms with Gasteiger partial charge in [-0.05, 0) is 26.2 Å². The predicted molar refractivity (Wildman–Crippen MR) is 67.7 cm³/mol. The zero-order valence-corrected chi connectivity index (χ0v) is 11.2. The van der Waals surface area contributed by atoms with E-state index >= 15 is 0 Å². The fraction of sp³-hybridized carbons (Fsp3) is 0.615. The molecule has 0 saturated carbocycles. The van der Waals surface area contributed by atoms with Crippen LogP contribution in [0.1, 0.15) is 40.0 Å². The minimum Gasteiger partial charge on any atom is -0.277 e. The van der Waals surface area contributed by atoms with E-state index in [0.717, 1.165) is 4.90 Å². The summed E-state index contributed by atoms with van der Waals surface area (Å²) in [5, 5.41) is 2.28. The number of urea groups is 1. The van der Waals surface area contributed by atoms with Gasteiger partial charge in [-0.25, -0.2) is 4.79 Å². The average Bonchev–Trinajstić information content (AvgIpc) is 2.30. The Morgan fingerprint density at radius 3 is 2.33 bits per heavy atom. The molecule has 1 heterocycles. The second kappa shape index (κ2) is 5.33. The van der Waals surface area contributed by atoms with Gasteiger partial charge >= 0.3 is 6.03 Å². The molecule has 0 aromatic carbocycles. The van der Waals surface area contributed by atoms with E-state index in [1.165, 1.54) is 0 Å². The van der Waals surface area contributed by atoms with Crippen molar-refractivity contribution in [2.45, 2.75) is 46.1 Å². The van der Waals surface area contributed by atoms with Gasteiger partial charge in [0.25, 0.3) is 0 Å². The number of nitrogens with zero attached hydrogens (tertiary/aromatic N) is 1. The van der Waals surface area contributed by atoms with Crippen molar-refractivity contribution < 1.29 is 14.4 Å². The van der Waals surface area contributed by atoms with E-state index in [0.29, 0.717) is 19.3 Å². The van der Waals surface area contributed by atoms with Crippen LogP contribution in [0.15, 0.2) is 12.7 Å². The molecule has 0 aromatic heterocycles. The Morgan fingerprint density at radius 1 is 1.33 bits per heavy atom. The van der Waals surface area contributed by atoms with Crippen molar-refractivity contribution in [3.05, 3.63) is 12.7 Å². The molecule has 0 spiro atoms. The lowest BCUT2D eigenvalue weighted by Gasteiger charge is -2.40. The number of rotatable bonds is 5. The van der Waals surface area contributed by atoms with Crippen LogP contribution in [0.4, 0.5) is 4.79 Å². The first-order valence-corrected chi connectivity index (χ1v) is 6.24. The quantitative estimate of drug-likeness (QED) is 0.599. The van der Waals surface area contributed by atoms with Crippen molar-refractivity contribution in [3.8, 4) is 0 Å². The molecular weight excluding hydrogens is 232 g/mol. The lowest BCUT2D eigenvalue weighted by Crippen LogP contribution is -2.65. The van der Waals surface area contributed by atoms with Gasteiger partial charge in [0.1, 0.15) is 5.41 Å². The summed E-state index contributed by atoms with van der Waals surface area (Å²) in [6.07, 6.45) is 2.94. The van der Waals surface area contributed by atoms with Crippen LogP contribution in [0, 0.1) is 5.41 Å². The van der Waals surface area contributed by atoms with Crippen LogP contribution in [0.25, 0.3) is 0 Å². The molecule has 0 aromatic rings. The summed E-state index contributed by atoms with van der Waals surface area (Å²) in [6.45, 7) is 8.94. The molecule has 1 fully saturated rings. The normalized spacial score (nSPS) is 20.6. The van der Waals surface area contributed by atoms with Crippen LogP contribution in [0.3, 0.4) is 0 Å². The van der Waals surface area contributed by atoms with Crippen LogP contribution >= 0.6 is 0 Å². The average molecular weight is 252 g/mol. The van der Waals surface area contributed by atoms with E-state index in [1.807, 2.05) is 0 Å². The second-order valence-corrected chi connectivity index (χ2v) is 4.60. The minimum atomic E-state index is -1.11. The molecular formula is C13H20N2O3. The third kappa shape index (κ3) is 2.05. The number of carbonyl (C=O) groups is 3.